The zero-order chi connectivity index (χ0) is 18.7. The Bertz CT molecular complexity index is 851. The molecule has 0 unspecified atom stereocenters. The predicted molar refractivity (Wildman–Crippen MR) is 105 cm³/mol. The third-order valence-electron chi connectivity index (χ3n) is 4.06. The zero-order valence-electron chi connectivity index (χ0n) is 13.8. The maximum absolute atomic E-state index is 12.2. The van der Waals surface area contributed by atoms with E-state index < -0.39 is 0 Å². The number of hydrogen-bond donors (Lipinski definition) is 2. The number of benzene rings is 2. The van der Waals surface area contributed by atoms with Crippen molar-refractivity contribution in [2.24, 2.45) is 0 Å². The summed E-state index contributed by atoms with van der Waals surface area (Å²) in [4.78, 5) is 24.2. The van der Waals surface area contributed by atoms with Crippen LogP contribution in [0.2, 0.25) is 15.1 Å². The molecule has 7 heteroatoms. The smallest absolute Gasteiger partial charge is 0.253 e. The van der Waals surface area contributed by atoms with Gasteiger partial charge in [-0.3, -0.25) is 9.59 Å². The lowest BCUT2D eigenvalue weighted by atomic mass is 10.1. The standard InChI is InChI=1S/C19H17Cl3N2O2/c20-15-3-1-2-11(18(15)22)4-9-17(25)23-13-7-8-14(16(21)10-13)19(26)24-12-5-6-12/h1-3,7-8,10,12H,4-6,9H2,(H,23,25)(H,24,26). The highest BCUT2D eigenvalue weighted by Gasteiger charge is 2.24. The third-order valence-corrected chi connectivity index (χ3v) is 5.23. The van der Waals surface area contributed by atoms with Crippen LogP contribution in [0.1, 0.15) is 35.2 Å². The fourth-order valence-electron chi connectivity index (χ4n) is 2.48. The molecule has 0 atom stereocenters. The van der Waals surface area contributed by atoms with Gasteiger partial charge in [-0.1, -0.05) is 46.9 Å². The molecule has 2 aromatic rings. The second-order valence-corrected chi connectivity index (χ2v) is 7.40. The fraction of sp³-hybridized carbons (Fsp3) is 0.263. The predicted octanol–water partition coefficient (Wildman–Crippen LogP) is 5.11. The SMILES string of the molecule is O=C(CCc1cccc(Cl)c1Cl)Nc1ccc(C(=O)NC2CC2)c(Cl)c1. The van der Waals surface area contributed by atoms with E-state index >= 15 is 0 Å². The van der Waals surface area contributed by atoms with Crippen molar-refractivity contribution in [3.05, 3.63) is 62.6 Å². The lowest BCUT2D eigenvalue weighted by Gasteiger charge is -2.10. The van der Waals surface area contributed by atoms with E-state index in [1.165, 1.54) is 0 Å². The van der Waals surface area contributed by atoms with E-state index in [4.69, 9.17) is 34.8 Å². The summed E-state index contributed by atoms with van der Waals surface area (Å²) in [6, 6.07) is 10.5. The van der Waals surface area contributed by atoms with Crippen LogP contribution in [0.3, 0.4) is 0 Å². The number of hydrogen-bond acceptors (Lipinski definition) is 2. The average molecular weight is 412 g/mol. The lowest BCUT2D eigenvalue weighted by molar-refractivity contribution is -0.116. The summed E-state index contributed by atoms with van der Waals surface area (Å²) >= 11 is 18.3. The van der Waals surface area contributed by atoms with E-state index in [9.17, 15) is 9.59 Å². The van der Waals surface area contributed by atoms with Crippen LogP contribution >= 0.6 is 34.8 Å². The second kappa shape index (κ2) is 8.30. The van der Waals surface area contributed by atoms with Gasteiger partial charge in [0.1, 0.15) is 0 Å². The minimum Gasteiger partial charge on any atom is -0.349 e. The molecule has 1 saturated carbocycles. The lowest BCUT2D eigenvalue weighted by Crippen LogP contribution is -2.25. The van der Waals surface area contributed by atoms with Gasteiger partial charge >= 0.3 is 0 Å². The molecule has 26 heavy (non-hydrogen) atoms. The molecule has 1 aliphatic carbocycles. The first-order chi connectivity index (χ1) is 12.4. The summed E-state index contributed by atoms with van der Waals surface area (Å²) < 4.78 is 0. The van der Waals surface area contributed by atoms with Crippen LogP contribution in [0.15, 0.2) is 36.4 Å². The van der Waals surface area contributed by atoms with Gasteiger partial charge in [-0.2, -0.15) is 0 Å². The van der Waals surface area contributed by atoms with E-state index in [-0.39, 0.29) is 24.3 Å². The summed E-state index contributed by atoms with van der Waals surface area (Å²) in [5.74, 6) is -0.363. The van der Waals surface area contributed by atoms with Crippen LogP contribution in [0, 0.1) is 0 Å². The molecule has 2 amide bonds. The average Bonchev–Trinajstić information content (AvgIpc) is 3.40. The first kappa shape index (κ1) is 19.0. The van der Waals surface area contributed by atoms with E-state index in [1.807, 2.05) is 6.07 Å². The van der Waals surface area contributed by atoms with Gasteiger partial charge in [0.25, 0.3) is 5.91 Å². The highest BCUT2D eigenvalue weighted by atomic mass is 35.5. The van der Waals surface area contributed by atoms with Crippen molar-refractivity contribution in [2.45, 2.75) is 31.7 Å². The zero-order valence-corrected chi connectivity index (χ0v) is 16.1. The number of nitrogens with one attached hydrogen (secondary N) is 2. The minimum absolute atomic E-state index is 0.174. The summed E-state index contributed by atoms with van der Waals surface area (Å²) in [6.45, 7) is 0. The first-order valence-corrected chi connectivity index (χ1v) is 9.40. The maximum Gasteiger partial charge on any atom is 0.253 e. The molecule has 1 aliphatic rings. The molecule has 0 aromatic heterocycles. The Hall–Kier alpha value is -1.75. The van der Waals surface area contributed by atoms with E-state index in [2.05, 4.69) is 10.6 Å². The minimum atomic E-state index is -0.189. The summed E-state index contributed by atoms with van der Waals surface area (Å²) in [5, 5.41) is 6.90. The number of amides is 2. The summed E-state index contributed by atoms with van der Waals surface area (Å²) in [5.41, 5.74) is 1.77. The van der Waals surface area contributed by atoms with Crippen LogP contribution in [0.5, 0.6) is 0 Å². The van der Waals surface area contributed by atoms with Crippen molar-refractivity contribution in [3.63, 3.8) is 0 Å². The van der Waals surface area contributed by atoms with Crippen molar-refractivity contribution >= 4 is 52.3 Å². The maximum atomic E-state index is 12.2. The Morgan fingerprint density at radius 3 is 2.50 bits per heavy atom. The third kappa shape index (κ3) is 4.91. The Morgan fingerprint density at radius 1 is 1.04 bits per heavy atom. The molecule has 2 N–H and O–H groups in total. The number of halogens is 3. The van der Waals surface area contributed by atoms with Crippen LogP contribution in [0.25, 0.3) is 0 Å². The number of rotatable bonds is 6. The van der Waals surface area contributed by atoms with Gasteiger partial charge in [0.2, 0.25) is 5.91 Å². The number of anilines is 1. The molecule has 136 valence electrons. The number of aryl methyl sites for hydroxylation is 1. The molecular weight excluding hydrogens is 395 g/mol. The normalized spacial score (nSPS) is 13.3. The molecular formula is C19H17Cl3N2O2. The van der Waals surface area contributed by atoms with Gasteiger partial charge < -0.3 is 10.6 Å². The Labute approximate surface area is 166 Å². The molecule has 3 rings (SSSR count). The molecule has 0 spiro atoms. The van der Waals surface area contributed by atoms with Crippen molar-refractivity contribution in [1.29, 1.82) is 0 Å². The van der Waals surface area contributed by atoms with Crippen LogP contribution < -0.4 is 10.6 Å². The van der Waals surface area contributed by atoms with Gasteiger partial charge in [-0.15, -0.1) is 0 Å². The molecule has 2 aromatic carbocycles. The molecule has 0 radical (unpaired) electrons. The summed E-state index contributed by atoms with van der Waals surface area (Å²) in [7, 11) is 0. The molecule has 1 fully saturated rings. The second-order valence-electron chi connectivity index (χ2n) is 6.20. The van der Waals surface area contributed by atoms with Gasteiger partial charge in [0.05, 0.1) is 20.6 Å². The molecule has 0 aliphatic heterocycles. The van der Waals surface area contributed by atoms with Gasteiger partial charge in [-0.05, 0) is 49.1 Å². The van der Waals surface area contributed by atoms with Gasteiger partial charge in [0.15, 0.2) is 0 Å². The Kier molecular flexibility index (Phi) is 6.07. The van der Waals surface area contributed by atoms with Gasteiger partial charge in [-0.25, -0.2) is 0 Å². The van der Waals surface area contributed by atoms with Crippen molar-refractivity contribution in [1.82, 2.24) is 5.32 Å². The molecule has 4 nitrogen and oxygen atoms in total. The fourth-order valence-corrected chi connectivity index (χ4v) is 3.16. The van der Waals surface area contributed by atoms with Crippen molar-refractivity contribution in [3.8, 4) is 0 Å². The van der Waals surface area contributed by atoms with E-state index in [0.29, 0.717) is 32.7 Å². The van der Waals surface area contributed by atoms with E-state index in [1.54, 1.807) is 30.3 Å². The monoisotopic (exact) mass is 410 g/mol. The topological polar surface area (TPSA) is 58.2 Å². The highest BCUT2D eigenvalue weighted by molar-refractivity contribution is 6.42. The van der Waals surface area contributed by atoms with Crippen LogP contribution in [0.4, 0.5) is 5.69 Å². The van der Waals surface area contributed by atoms with Crippen molar-refractivity contribution in [2.75, 3.05) is 5.32 Å². The Morgan fingerprint density at radius 2 is 1.81 bits per heavy atom. The quantitative estimate of drug-likeness (QED) is 0.694. The summed E-state index contributed by atoms with van der Waals surface area (Å²) in [6.07, 6.45) is 2.74. The van der Waals surface area contributed by atoms with E-state index in [0.717, 1.165) is 18.4 Å². The Balaban J connectivity index is 1.57. The molecule has 0 bridgehead atoms. The van der Waals surface area contributed by atoms with Crippen molar-refractivity contribution < 1.29 is 9.59 Å². The molecule has 0 saturated heterocycles. The van der Waals surface area contributed by atoms with Crippen LogP contribution in [-0.2, 0) is 11.2 Å². The number of carbonyl (C=O) groups excluding carboxylic acids is 2. The first-order valence-electron chi connectivity index (χ1n) is 8.27. The number of carbonyl (C=O) groups is 2. The highest BCUT2D eigenvalue weighted by Crippen LogP contribution is 2.27. The van der Waals surface area contributed by atoms with Crippen LogP contribution in [-0.4, -0.2) is 17.9 Å². The largest absolute Gasteiger partial charge is 0.349 e. The van der Waals surface area contributed by atoms with Gasteiger partial charge in [0, 0.05) is 18.2 Å². The molecule has 0 heterocycles.